The van der Waals surface area contributed by atoms with Crippen molar-refractivity contribution < 1.29 is 4.42 Å². The summed E-state index contributed by atoms with van der Waals surface area (Å²) in [5.41, 5.74) is 0. The van der Waals surface area contributed by atoms with Crippen LogP contribution in [0.5, 0.6) is 0 Å². The summed E-state index contributed by atoms with van der Waals surface area (Å²) in [5, 5.41) is 0.213. The molecule has 0 saturated heterocycles. The Morgan fingerprint density at radius 3 is 2.75 bits per heavy atom. The summed E-state index contributed by atoms with van der Waals surface area (Å²) >= 11 is 4.16. The van der Waals surface area contributed by atoms with E-state index in [2.05, 4.69) is 12.6 Å². The highest BCUT2D eigenvalue weighted by Crippen LogP contribution is 2.17. The van der Waals surface area contributed by atoms with Gasteiger partial charge in [0.1, 0.15) is 5.76 Å². The van der Waals surface area contributed by atoms with Crippen molar-refractivity contribution in [3.8, 4) is 0 Å². The lowest BCUT2D eigenvalue weighted by atomic mass is 10.4. The maximum absolute atomic E-state index is 5.02. The van der Waals surface area contributed by atoms with Crippen molar-refractivity contribution in [1.29, 1.82) is 0 Å². The third-order valence-corrected chi connectivity index (χ3v) is 1.21. The molecule has 0 bridgehead atoms. The van der Waals surface area contributed by atoms with E-state index in [4.69, 9.17) is 4.42 Å². The summed E-state index contributed by atoms with van der Waals surface area (Å²) < 4.78 is 5.02. The van der Waals surface area contributed by atoms with Gasteiger partial charge in [0.25, 0.3) is 0 Å². The lowest BCUT2D eigenvalue weighted by Crippen LogP contribution is -1.75. The zero-order valence-corrected chi connectivity index (χ0v) is 5.56. The van der Waals surface area contributed by atoms with Gasteiger partial charge in [0, 0.05) is 0 Å². The zero-order valence-electron chi connectivity index (χ0n) is 4.66. The van der Waals surface area contributed by atoms with Crippen LogP contribution in [0.3, 0.4) is 0 Å². The van der Waals surface area contributed by atoms with Gasteiger partial charge in [-0.3, -0.25) is 0 Å². The molecule has 2 heteroatoms. The smallest absolute Gasteiger partial charge is 0.116 e. The molecule has 8 heavy (non-hydrogen) atoms. The quantitative estimate of drug-likeness (QED) is 0.572. The predicted octanol–water partition coefficient (Wildman–Crippen LogP) is 2.27. The molecule has 1 rings (SSSR count). The highest BCUT2D eigenvalue weighted by Gasteiger charge is 1.98. The first-order valence-electron chi connectivity index (χ1n) is 2.52. The molecule has 1 heterocycles. The van der Waals surface area contributed by atoms with Gasteiger partial charge in [-0.25, -0.2) is 0 Å². The van der Waals surface area contributed by atoms with Crippen LogP contribution in [0, 0.1) is 0 Å². The van der Waals surface area contributed by atoms with E-state index in [9.17, 15) is 0 Å². The molecular formula is C6H8OS. The van der Waals surface area contributed by atoms with Gasteiger partial charge in [-0.05, 0) is 19.1 Å². The van der Waals surface area contributed by atoms with Crippen molar-refractivity contribution in [3.63, 3.8) is 0 Å². The van der Waals surface area contributed by atoms with Gasteiger partial charge in [-0.15, -0.1) is 0 Å². The van der Waals surface area contributed by atoms with Gasteiger partial charge in [-0.2, -0.15) is 12.6 Å². The molecule has 0 aliphatic rings. The number of rotatable bonds is 1. The topological polar surface area (TPSA) is 13.1 Å². The first-order valence-corrected chi connectivity index (χ1v) is 3.04. The first kappa shape index (κ1) is 5.76. The van der Waals surface area contributed by atoms with Crippen LogP contribution in [0.25, 0.3) is 0 Å². The zero-order chi connectivity index (χ0) is 5.98. The molecule has 0 spiro atoms. The highest BCUT2D eigenvalue weighted by atomic mass is 32.1. The van der Waals surface area contributed by atoms with Crippen molar-refractivity contribution in [2.45, 2.75) is 12.2 Å². The predicted molar refractivity (Wildman–Crippen MR) is 36.1 cm³/mol. The molecule has 0 amide bonds. The van der Waals surface area contributed by atoms with Crippen LogP contribution in [-0.4, -0.2) is 0 Å². The fourth-order valence-corrected chi connectivity index (χ4v) is 0.676. The Hall–Kier alpha value is -0.370. The Morgan fingerprint density at radius 1 is 1.75 bits per heavy atom. The van der Waals surface area contributed by atoms with E-state index in [-0.39, 0.29) is 5.25 Å². The van der Waals surface area contributed by atoms with E-state index in [1.807, 2.05) is 19.1 Å². The van der Waals surface area contributed by atoms with E-state index in [0.29, 0.717) is 0 Å². The molecule has 0 aromatic carbocycles. The van der Waals surface area contributed by atoms with Gasteiger partial charge in [-0.1, -0.05) is 0 Å². The van der Waals surface area contributed by atoms with Crippen molar-refractivity contribution in [2.24, 2.45) is 0 Å². The summed E-state index contributed by atoms with van der Waals surface area (Å²) in [6.07, 6.45) is 1.65. The first-order chi connectivity index (χ1) is 3.80. The van der Waals surface area contributed by atoms with Gasteiger partial charge in [0.15, 0.2) is 0 Å². The molecule has 0 saturated carbocycles. The molecule has 0 N–H and O–H groups in total. The Balaban J connectivity index is 2.77. The molecule has 0 aliphatic heterocycles. The van der Waals surface area contributed by atoms with Crippen LogP contribution in [0.2, 0.25) is 0 Å². The average molecular weight is 128 g/mol. The maximum Gasteiger partial charge on any atom is 0.116 e. The lowest BCUT2D eigenvalue weighted by Gasteiger charge is -1.94. The second-order valence-electron chi connectivity index (χ2n) is 1.69. The number of hydrogen-bond acceptors (Lipinski definition) is 2. The fourth-order valence-electron chi connectivity index (χ4n) is 0.529. The summed E-state index contributed by atoms with van der Waals surface area (Å²) in [5.74, 6) is 0.924. The van der Waals surface area contributed by atoms with E-state index in [0.717, 1.165) is 5.76 Å². The molecule has 1 nitrogen and oxygen atoms in total. The molecule has 0 fully saturated rings. The van der Waals surface area contributed by atoms with Crippen molar-refractivity contribution >= 4 is 12.6 Å². The van der Waals surface area contributed by atoms with Crippen LogP contribution in [0.1, 0.15) is 17.9 Å². The molecule has 1 aromatic rings. The van der Waals surface area contributed by atoms with Crippen molar-refractivity contribution in [2.75, 3.05) is 0 Å². The third-order valence-electron chi connectivity index (χ3n) is 0.955. The van der Waals surface area contributed by atoms with Crippen LogP contribution < -0.4 is 0 Å². The van der Waals surface area contributed by atoms with Crippen LogP contribution >= 0.6 is 12.6 Å². The van der Waals surface area contributed by atoms with E-state index < -0.39 is 0 Å². The minimum absolute atomic E-state index is 0.213. The van der Waals surface area contributed by atoms with E-state index in [1.165, 1.54) is 0 Å². The van der Waals surface area contributed by atoms with Gasteiger partial charge >= 0.3 is 0 Å². The van der Waals surface area contributed by atoms with Crippen LogP contribution in [-0.2, 0) is 0 Å². The fraction of sp³-hybridized carbons (Fsp3) is 0.333. The summed E-state index contributed by atoms with van der Waals surface area (Å²) in [4.78, 5) is 0. The average Bonchev–Trinajstić information content (AvgIpc) is 2.12. The van der Waals surface area contributed by atoms with E-state index >= 15 is 0 Å². The lowest BCUT2D eigenvalue weighted by molar-refractivity contribution is 0.513. The summed E-state index contributed by atoms with van der Waals surface area (Å²) in [7, 11) is 0. The molecular weight excluding hydrogens is 120 g/mol. The Bertz CT molecular complexity index is 144. The Kier molecular flexibility index (Phi) is 1.63. The largest absolute Gasteiger partial charge is 0.468 e. The molecule has 0 radical (unpaired) electrons. The van der Waals surface area contributed by atoms with Crippen LogP contribution in [0.4, 0.5) is 0 Å². The number of thiol groups is 1. The number of furan rings is 1. The second-order valence-corrected chi connectivity index (χ2v) is 2.47. The standard InChI is InChI=1S/C6H8OS/c1-5(8)6-3-2-4-7-6/h2-5,8H,1H3/t5-/m1/s1. The van der Waals surface area contributed by atoms with Gasteiger partial charge in [0.2, 0.25) is 0 Å². The molecule has 1 aromatic heterocycles. The monoisotopic (exact) mass is 128 g/mol. The van der Waals surface area contributed by atoms with E-state index in [1.54, 1.807) is 6.26 Å². The molecule has 44 valence electrons. The third kappa shape index (κ3) is 1.07. The van der Waals surface area contributed by atoms with Crippen LogP contribution in [0.15, 0.2) is 22.8 Å². The minimum Gasteiger partial charge on any atom is -0.468 e. The summed E-state index contributed by atoms with van der Waals surface area (Å²) in [6, 6.07) is 3.78. The highest BCUT2D eigenvalue weighted by molar-refractivity contribution is 7.80. The Morgan fingerprint density at radius 2 is 2.50 bits per heavy atom. The minimum atomic E-state index is 0.213. The molecule has 0 unspecified atom stereocenters. The van der Waals surface area contributed by atoms with Crippen molar-refractivity contribution in [1.82, 2.24) is 0 Å². The van der Waals surface area contributed by atoms with Gasteiger partial charge in [0.05, 0.1) is 11.5 Å². The molecule has 0 aliphatic carbocycles. The maximum atomic E-state index is 5.02. The SMILES string of the molecule is C[C@@H](S)c1ccco1. The normalized spacial score (nSPS) is 13.8. The second kappa shape index (κ2) is 2.27. The van der Waals surface area contributed by atoms with Crippen molar-refractivity contribution in [3.05, 3.63) is 24.2 Å². The Labute approximate surface area is 54.1 Å². The number of hydrogen-bond donors (Lipinski definition) is 1. The summed E-state index contributed by atoms with van der Waals surface area (Å²) in [6.45, 7) is 1.97. The van der Waals surface area contributed by atoms with Gasteiger partial charge < -0.3 is 4.42 Å². The molecule has 1 atom stereocenters.